The molecule has 1 aliphatic rings. The maximum atomic E-state index is 14.4. The number of benzene rings is 3. The number of carbonyl (C=O) groups is 1. The number of hydrogen-bond donors (Lipinski definition) is 1. The van der Waals surface area contributed by atoms with Crippen molar-refractivity contribution in [2.24, 2.45) is 0 Å². The van der Waals surface area contributed by atoms with Crippen molar-refractivity contribution in [3.63, 3.8) is 0 Å². The Morgan fingerprint density at radius 3 is 2.44 bits per heavy atom. The summed E-state index contributed by atoms with van der Waals surface area (Å²) in [4.78, 5) is 19.6. The van der Waals surface area contributed by atoms with Crippen molar-refractivity contribution in [1.82, 2.24) is 9.80 Å². The number of rotatable bonds is 7. The Hall–Kier alpha value is -3.48. The highest BCUT2D eigenvalue weighted by molar-refractivity contribution is 6.05. The third-order valence-electron chi connectivity index (χ3n) is 7.01. The average Bonchev–Trinajstić information content (AvgIpc) is 2.87. The van der Waals surface area contributed by atoms with E-state index >= 15 is 0 Å². The van der Waals surface area contributed by atoms with Gasteiger partial charge in [-0.25, -0.2) is 4.39 Å². The first-order chi connectivity index (χ1) is 17.3. The minimum atomic E-state index is -0.442. The molecule has 36 heavy (non-hydrogen) atoms. The lowest BCUT2D eigenvalue weighted by atomic mass is 9.92. The van der Waals surface area contributed by atoms with E-state index in [-0.39, 0.29) is 29.4 Å². The molecule has 1 heterocycles. The van der Waals surface area contributed by atoms with Crippen LogP contribution in [0.1, 0.15) is 41.4 Å². The van der Waals surface area contributed by atoms with E-state index in [4.69, 9.17) is 0 Å². The molecule has 1 unspecified atom stereocenters. The Labute approximate surface area is 213 Å². The second-order valence-corrected chi connectivity index (χ2v) is 9.58. The van der Waals surface area contributed by atoms with Crippen LogP contribution in [0.2, 0.25) is 0 Å². The first-order valence-corrected chi connectivity index (χ1v) is 12.3. The average molecular weight is 488 g/mol. The zero-order valence-electron chi connectivity index (χ0n) is 21.1. The minimum Gasteiger partial charge on any atom is -0.508 e. The molecular formula is C30H34FN3O2. The van der Waals surface area contributed by atoms with Crippen LogP contribution in [0.15, 0.2) is 85.5 Å². The number of nitrogens with zero attached hydrogens (tertiary/aromatic N) is 3. The van der Waals surface area contributed by atoms with Crippen LogP contribution in [0.25, 0.3) is 0 Å². The number of phenols is 1. The lowest BCUT2D eigenvalue weighted by molar-refractivity contribution is 0.0306. The summed E-state index contributed by atoms with van der Waals surface area (Å²) in [7, 11) is 1.59. The summed E-state index contributed by atoms with van der Waals surface area (Å²) in [6.45, 7) is 10.9. The van der Waals surface area contributed by atoms with Crippen LogP contribution in [0, 0.1) is 5.82 Å². The molecule has 0 aromatic heterocycles. The molecule has 1 aliphatic heterocycles. The maximum Gasteiger partial charge on any atom is 0.258 e. The fraction of sp³-hybridized carbons (Fsp3) is 0.300. The van der Waals surface area contributed by atoms with Gasteiger partial charge in [-0.2, -0.15) is 0 Å². The van der Waals surface area contributed by atoms with E-state index in [2.05, 4.69) is 30.2 Å². The van der Waals surface area contributed by atoms with Crippen molar-refractivity contribution in [3.8, 4) is 5.75 Å². The smallest absolute Gasteiger partial charge is 0.258 e. The lowest BCUT2D eigenvalue weighted by Gasteiger charge is -2.47. The topological polar surface area (TPSA) is 47.0 Å². The van der Waals surface area contributed by atoms with E-state index in [0.29, 0.717) is 11.6 Å². The van der Waals surface area contributed by atoms with Crippen LogP contribution in [0.4, 0.5) is 10.1 Å². The Morgan fingerprint density at radius 2 is 1.75 bits per heavy atom. The highest BCUT2D eigenvalue weighted by Crippen LogP contribution is 2.35. The van der Waals surface area contributed by atoms with Gasteiger partial charge in [0.25, 0.3) is 5.91 Å². The normalized spacial score (nSPS) is 19.6. The van der Waals surface area contributed by atoms with Crippen molar-refractivity contribution in [2.45, 2.75) is 32.0 Å². The number of aromatic hydroxyl groups is 1. The zero-order valence-corrected chi connectivity index (χ0v) is 21.1. The van der Waals surface area contributed by atoms with Gasteiger partial charge >= 0.3 is 0 Å². The maximum absolute atomic E-state index is 14.4. The van der Waals surface area contributed by atoms with Crippen LogP contribution in [-0.2, 0) is 0 Å². The fourth-order valence-corrected chi connectivity index (χ4v) is 5.14. The SMILES string of the molecule is C=CCN1C[C@H](C)N(C(c2cccc(O)c2)c2cccc(C(=O)N(C)c3ccccc3F)c2)C[C@H]1C. The van der Waals surface area contributed by atoms with E-state index in [9.17, 15) is 14.3 Å². The van der Waals surface area contributed by atoms with Crippen molar-refractivity contribution in [1.29, 1.82) is 0 Å². The molecule has 3 atom stereocenters. The van der Waals surface area contributed by atoms with Gasteiger partial charge in [0.15, 0.2) is 0 Å². The van der Waals surface area contributed by atoms with E-state index in [1.54, 1.807) is 43.4 Å². The second kappa shape index (κ2) is 11.1. The van der Waals surface area contributed by atoms with Gasteiger partial charge in [-0.05, 0) is 61.4 Å². The molecule has 3 aromatic carbocycles. The number of hydrogen-bond acceptors (Lipinski definition) is 4. The van der Waals surface area contributed by atoms with Gasteiger partial charge in [-0.3, -0.25) is 14.6 Å². The quantitative estimate of drug-likeness (QED) is 0.449. The molecule has 0 aliphatic carbocycles. The summed E-state index contributed by atoms with van der Waals surface area (Å²) in [6, 6.07) is 21.5. The number of anilines is 1. The number of halogens is 1. The van der Waals surface area contributed by atoms with Crippen LogP contribution in [0.3, 0.4) is 0 Å². The van der Waals surface area contributed by atoms with Crippen LogP contribution in [-0.4, -0.2) is 59.6 Å². The molecule has 0 saturated carbocycles. The standard InChI is InChI=1S/C30H34FN3O2/c1-5-16-33-19-22(3)34(20-21(33)2)29(24-11-9-13-26(35)18-24)23-10-8-12-25(17-23)30(36)32(4)28-15-7-6-14-27(28)31/h5-15,17-18,21-22,29,35H,1,16,19-20H2,2-4H3/t21-,22+,29?/m1/s1. The second-order valence-electron chi connectivity index (χ2n) is 9.58. The van der Waals surface area contributed by atoms with Gasteiger partial charge in [0.05, 0.1) is 11.7 Å². The highest BCUT2D eigenvalue weighted by atomic mass is 19.1. The number of piperazine rings is 1. The van der Waals surface area contributed by atoms with E-state index in [1.807, 2.05) is 36.4 Å². The highest BCUT2D eigenvalue weighted by Gasteiger charge is 2.34. The predicted octanol–water partition coefficient (Wildman–Crippen LogP) is 5.48. The first-order valence-electron chi connectivity index (χ1n) is 12.3. The Kier molecular flexibility index (Phi) is 7.87. The van der Waals surface area contributed by atoms with E-state index < -0.39 is 5.82 Å². The molecule has 5 nitrogen and oxygen atoms in total. The van der Waals surface area contributed by atoms with Crippen LogP contribution in [0.5, 0.6) is 5.75 Å². The lowest BCUT2D eigenvalue weighted by Crippen LogP contribution is -2.57. The number of amides is 1. The van der Waals surface area contributed by atoms with E-state index in [1.165, 1.54) is 11.0 Å². The molecule has 188 valence electrons. The molecule has 1 fully saturated rings. The van der Waals surface area contributed by atoms with Gasteiger partial charge in [-0.15, -0.1) is 6.58 Å². The summed E-state index contributed by atoms with van der Waals surface area (Å²) in [5.41, 5.74) is 2.62. The largest absolute Gasteiger partial charge is 0.508 e. The summed E-state index contributed by atoms with van der Waals surface area (Å²) in [5.74, 6) is -0.522. The molecule has 6 heteroatoms. The Balaban J connectivity index is 1.72. The zero-order chi connectivity index (χ0) is 25.8. The van der Waals surface area contributed by atoms with Crippen molar-refractivity contribution in [3.05, 3.63) is 108 Å². The number of para-hydroxylation sites is 1. The first kappa shape index (κ1) is 25.6. The molecule has 4 rings (SSSR count). The van der Waals surface area contributed by atoms with Gasteiger partial charge in [-0.1, -0.05) is 42.5 Å². The molecular weight excluding hydrogens is 453 g/mol. The molecule has 3 aromatic rings. The van der Waals surface area contributed by atoms with Crippen LogP contribution >= 0.6 is 0 Å². The Bertz CT molecular complexity index is 1230. The van der Waals surface area contributed by atoms with Crippen LogP contribution < -0.4 is 4.90 Å². The molecule has 0 bridgehead atoms. The monoisotopic (exact) mass is 487 g/mol. The molecule has 1 amide bonds. The summed E-state index contributed by atoms with van der Waals surface area (Å²) in [6.07, 6.45) is 1.94. The van der Waals surface area contributed by atoms with E-state index in [0.717, 1.165) is 30.8 Å². The molecule has 0 radical (unpaired) electrons. The molecule has 0 spiro atoms. The summed E-state index contributed by atoms with van der Waals surface area (Å²) < 4.78 is 14.4. The third-order valence-corrected chi connectivity index (χ3v) is 7.01. The van der Waals surface area contributed by atoms with Gasteiger partial charge in [0, 0.05) is 44.3 Å². The molecule has 1 saturated heterocycles. The summed E-state index contributed by atoms with van der Waals surface area (Å²) in [5, 5.41) is 10.3. The number of phenolic OH excluding ortho intramolecular Hbond substituents is 1. The van der Waals surface area contributed by atoms with Gasteiger partial charge in [0.1, 0.15) is 11.6 Å². The Morgan fingerprint density at radius 1 is 1.06 bits per heavy atom. The van der Waals surface area contributed by atoms with Crippen molar-refractivity contribution >= 4 is 11.6 Å². The van der Waals surface area contributed by atoms with Crippen molar-refractivity contribution < 1.29 is 14.3 Å². The third kappa shape index (κ3) is 5.35. The fourth-order valence-electron chi connectivity index (χ4n) is 5.14. The number of carbonyl (C=O) groups excluding carboxylic acids is 1. The van der Waals surface area contributed by atoms with Gasteiger partial charge < -0.3 is 10.0 Å². The predicted molar refractivity (Wildman–Crippen MR) is 143 cm³/mol. The molecule has 1 N–H and O–H groups in total. The minimum absolute atomic E-state index is 0.160. The van der Waals surface area contributed by atoms with Gasteiger partial charge in [0.2, 0.25) is 0 Å². The van der Waals surface area contributed by atoms with Crippen molar-refractivity contribution in [2.75, 3.05) is 31.6 Å². The summed E-state index contributed by atoms with van der Waals surface area (Å²) >= 11 is 0.